The number of carbonyl (C=O) groups excluding carboxylic acids is 1. The lowest BCUT2D eigenvalue weighted by Crippen LogP contribution is -2.43. The van der Waals surface area contributed by atoms with Gasteiger partial charge in [-0.15, -0.1) is 0 Å². The molecule has 8 nitrogen and oxygen atoms in total. The van der Waals surface area contributed by atoms with E-state index in [4.69, 9.17) is 11.5 Å². The Labute approximate surface area is 202 Å². The van der Waals surface area contributed by atoms with Crippen LogP contribution in [0, 0.1) is 5.82 Å². The first-order valence-electron chi connectivity index (χ1n) is 11.6. The average molecular weight is 472 g/mol. The van der Waals surface area contributed by atoms with Gasteiger partial charge in [0.25, 0.3) is 5.91 Å². The molecule has 4 aromatic rings. The molecule has 0 aliphatic heterocycles. The molecule has 1 fully saturated rings. The van der Waals surface area contributed by atoms with Crippen LogP contribution in [-0.4, -0.2) is 32.9 Å². The molecule has 0 saturated heterocycles. The van der Waals surface area contributed by atoms with Gasteiger partial charge in [0.2, 0.25) is 0 Å². The highest BCUT2D eigenvalue weighted by molar-refractivity contribution is 5.98. The summed E-state index contributed by atoms with van der Waals surface area (Å²) in [6.45, 7) is 0. The molecule has 178 valence electrons. The number of nitrogens with two attached hydrogens (primary N) is 2. The third kappa shape index (κ3) is 4.90. The molecule has 1 aromatic carbocycles. The van der Waals surface area contributed by atoms with Crippen LogP contribution in [0.5, 0.6) is 0 Å². The molecule has 1 unspecified atom stereocenters. The number of pyridine rings is 3. The van der Waals surface area contributed by atoms with Crippen LogP contribution in [0.2, 0.25) is 0 Å². The van der Waals surface area contributed by atoms with Crippen molar-refractivity contribution in [3.05, 3.63) is 72.4 Å². The third-order valence-electron chi connectivity index (χ3n) is 6.34. The van der Waals surface area contributed by atoms with Crippen molar-refractivity contribution in [3.8, 4) is 11.3 Å². The average Bonchev–Trinajstić information content (AvgIpc) is 2.87. The molecular formula is C26H26FN7O. The van der Waals surface area contributed by atoms with E-state index in [-0.39, 0.29) is 29.3 Å². The van der Waals surface area contributed by atoms with Crippen LogP contribution in [-0.2, 0) is 0 Å². The number of benzene rings is 1. The zero-order valence-corrected chi connectivity index (χ0v) is 19.0. The van der Waals surface area contributed by atoms with Crippen LogP contribution in [0.25, 0.3) is 22.0 Å². The third-order valence-corrected chi connectivity index (χ3v) is 6.34. The molecule has 5 rings (SSSR count). The Morgan fingerprint density at radius 3 is 2.69 bits per heavy atom. The van der Waals surface area contributed by atoms with Crippen molar-refractivity contribution in [3.63, 3.8) is 0 Å². The van der Waals surface area contributed by atoms with Gasteiger partial charge in [0, 0.05) is 47.3 Å². The minimum Gasteiger partial charge on any atom is -0.365 e. The van der Waals surface area contributed by atoms with Gasteiger partial charge in [0.05, 0.1) is 11.3 Å². The maximum Gasteiger partial charge on any atom is 0.252 e. The van der Waals surface area contributed by atoms with Crippen molar-refractivity contribution in [1.82, 2.24) is 15.0 Å². The summed E-state index contributed by atoms with van der Waals surface area (Å²) in [5, 5.41) is 8.32. The quantitative estimate of drug-likeness (QED) is 0.329. The summed E-state index contributed by atoms with van der Waals surface area (Å²) in [6.07, 6.45) is 8.98. The molecule has 2 atom stereocenters. The number of hydrogen-bond acceptors (Lipinski definition) is 7. The van der Waals surface area contributed by atoms with E-state index in [1.54, 1.807) is 18.5 Å². The molecule has 9 heteroatoms. The summed E-state index contributed by atoms with van der Waals surface area (Å²) in [5.74, 6) is -1.23. The Morgan fingerprint density at radius 1 is 1.00 bits per heavy atom. The van der Waals surface area contributed by atoms with Crippen molar-refractivity contribution in [2.24, 2.45) is 11.5 Å². The maximum atomic E-state index is 14.8. The Balaban J connectivity index is 1.46. The van der Waals surface area contributed by atoms with E-state index < -0.39 is 11.7 Å². The molecule has 0 spiro atoms. The van der Waals surface area contributed by atoms with E-state index in [1.807, 2.05) is 36.5 Å². The number of primary amides is 1. The summed E-state index contributed by atoms with van der Waals surface area (Å²) >= 11 is 0. The summed E-state index contributed by atoms with van der Waals surface area (Å²) in [6, 6.07) is 12.4. The van der Waals surface area contributed by atoms with Crippen LogP contribution in [0.15, 0.2) is 61.1 Å². The van der Waals surface area contributed by atoms with Gasteiger partial charge in [0.15, 0.2) is 11.6 Å². The smallest absolute Gasteiger partial charge is 0.252 e. The van der Waals surface area contributed by atoms with E-state index in [0.29, 0.717) is 5.69 Å². The number of hydrogen-bond donors (Lipinski definition) is 4. The predicted octanol–water partition coefficient (Wildman–Crippen LogP) is 4.36. The topological polar surface area (TPSA) is 132 Å². The normalized spacial score (nSPS) is 17.8. The van der Waals surface area contributed by atoms with Crippen LogP contribution in [0.1, 0.15) is 36.0 Å². The Morgan fingerprint density at radius 2 is 1.86 bits per heavy atom. The molecule has 3 heterocycles. The van der Waals surface area contributed by atoms with Crippen molar-refractivity contribution in [2.75, 3.05) is 10.6 Å². The monoisotopic (exact) mass is 471 g/mol. The number of fused-ring (bicyclic) bond motifs is 1. The molecular weight excluding hydrogens is 445 g/mol. The van der Waals surface area contributed by atoms with Gasteiger partial charge in [-0.3, -0.25) is 14.8 Å². The number of aromatic nitrogens is 3. The highest BCUT2D eigenvalue weighted by Crippen LogP contribution is 2.29. The number of nitrogens with zero attached hydrogens (tertiary/aromatic N) is 3. The second kappa shape index (κ2) is 9.63. The maximum absolute atomic E-state index is 14.8. The van der Waals surface area contributed by atoms with E-state index >= 15 is 0 Å². The van der Waals surface area contributed by atoms with Crippen LogP contribution < -0.4 is 22.1 Å². The lowest BCUT2D eigenvalue weighted by atomic mass is 9.91. The van der Waals surface area contributed by atoms with Gasteiger partial charge in [-0.25, -0.2) is 9.37 Å². The first-order chi connectivity index (χ1) is 17.0. The van der Waals surface area contributed by atoms with Gasteiger partial charge >= 0.3 is 0 Å². The van der Waals surface area contributed by atoms with Crippen molar-refractivity contribution in [2.45, 2.75) is 37.8 Å². The molecule has 3 aromatic heterocycles. The van der Waals surface area contributed by atoms with Crippen molar-refractivity contribution < 1.29 is 9.18 Å². The highest BCUT2D eigenvalue weighted by atomic mass is 19.1. The van der Waals surface area contributed by atoms with E-state index in [2.05, 4.69) is 25.6 Å². The molecule has 0 bridgehead atoms. The first kappa shape index (κ1) is 22.7. The second-order valence-corrected chi connectivity index (χ2v) is 8.77. The lowest BCUT2D eigenvalue weighted by Gasteiger charge is -2.30. The van der Waals surface area contributed by atoms with Gasteiger partial charge < -0.3 is 22.1 Å². The minimum absolute atomic E-state index is 0.0391. The molecule has 6 N–H and O–H groups in total. The standard InChI is InChI=1S/C26H26FN7O/c27-20-13-19(24(29)35)25(34-26(20)33-22-4-2-1-3-21(22)28)32-18-8-10-31-23(12-18)16-5-6-17-14-30-9-7-15(17)11-16/h5-14,21-22H,1-4,28H2,(H2,29,35)(H2,31,32,33,34)/t21-,22?/m0/s1. The fourth-order valence-corrected chi connectivity index (χ4v) is 4.43. The zero-order chi connectivity index (χ0) is 24.4. The highest BCUT2D eigenvalue weighted by Gasteiger charge is 2.24. The molecule has 1 saturated carbocycles. The van der Waals surface area contributed by atoms with Gasteiger partial charge in [0.1, 0.15) is 5.82 Å². The predicted molar refractivity (Wildman–Crippen MR) is 135 cm³/mol. The number of halogens is 1. The van der Waals surface area contributed by atoms with Crippen LogP contribution >= 0.6 is 0 Å². The second-order valence-electron chi connectivity index (χ2n) is 8.77. The molecule has 1 aliphatic carbocycles. The van der Waals surface area contributed by atoms with Crippen LogP contribution in [0.3, 0.4) is 0 Å². The van der Waals surface area contributed by atoms with Crippen molar-refractivity contribution in [1.29, 1.82) is 0 Å². The fourth-order valence-electron chi connectivity index (χ4n) is 4.43. The summed E-state index contributed by atoms with van der Waals surface area (Å²) < 4.78 is 14.8. The molecule has 0 radical (unpaired) electrons. The van der Waals surface area contributed by atoms with Gasteiger partial charge in [-0.1, -0.05) is 25.0 Å². The first-order valence-corrected chi connectivity index (χ1v) is 11.6. The Bertz CT molecular complexity index is 1390. The summed E-state index contributed by atoms with van der Waals surface area (Å²) in [7, 11) is 0. The minimum atomic E-state index is -0.780. The Hall–Kier alpha value is -4.11. The zero-order valence-electron chi connectivity index (χ0n) is 19.0. The number of anilines is 3. The molecule has 35 heavy (non-hydrogen) atoms. The largest absolute Gasteiger partial charge is 0.365 e. The van der Waals surface area contributed by atoms with Gasteiger partial charge in [-0.2, -0.15) is 0 Å². The van der Waals surface area contributed by atoms with Gasteiger partial charge in [-0.05, 0) is 48.6 Å². The van der Waals surface area contributed by atoms with E-state index in [1.165, 1.54) is 0 Å². The summed E-state index contributed by atoms with van der Waals surface area (Å²) in [5.41, 5.74) is 14.0. The molecule has 1 amide bonds. The van der Waals surface area contributed by atoms with Crippen molar-refractivity contribution >= 4 is 34.0 Å². The number of rotatable bonds is 6. The molecule has 1 aliphatic rings. The SMILES string of the molecule is NC(=O)c1cc(F)c(NC2CCCC[C@@H]2N)nc1Nc1ccnc(-c2ccc3cnccc3c2)c1. The fraction of sp³-hybridized carbons (Fsp3) is 0.231. The lowest BCUT2D eigenvalue weighted by molar-refractivity contribution is 0.100. The van der Waals surface area contributed by atoms with E-state index in [9.17, 15) is 9.18 Å². The number of carbonyl (C=O) groups is 1. The number of nitrogens with one attached hydrogen (secondary N) is 2. The number of amides is 1. The summed E-state index contributed by atoms with van der Waals surface area (Å²) in [4.78, 5) is 25.1. The van der Waals surface area contributed by atoms with Crippen LogP contribution in [0.4, 0.5) is 21.7 Å². The Kier molecular flexibility index (Phi) is 6.24. The van der Waals surface area contributed by atoms with E-state index in [0.717, 1.165) is 53.8 Å².